The van der Waals surface area contributed by atoms with Crippen LogP contribution in [0.15, 0.2) is 103 Å². The monoisotopic (exact) mass is 496 g/mol. The topological polar surface area (TPSA) is 27.7 Å². The van der Waals surface area contributed by atoms with E-state index in [2.05, 4.69) is 84.9 Å². The van der Waals surface area contributed by atoms with E-state index >= 15 is 0 Å². The lowest BCUT2D eigenvalue weighted by Crippen LogP contribution is -2.34. The van der Waals surface area contributed by atoms with E-state index in [1.165, 1.54) is 27.6 Å². The summed E-state index contributed by atoms with van der Waals surface area (Å²) in [5.41, 5.74) is 7.83. The number of aryl methyl sites for hydroxylation is 2. The molecule has 3 nitrogen and oxygen atoms in total. The molecule has 2 aliphatic rings. The molecule has 0 amide bonds. The normalized spacial score (nSPS) is 14.7. The lowest BCUT2D eigenvalue weighted by atomic mass is 9.77. The first-order valence-corrected chi connectivity index (χ1v) is 13.0. The van der Waals surface area contributed by atoms with Gasteiger partial charge in [-0.15, -0.1) is 0 Å². The summed E-state index contributed by atoms with van der Waals surface area (Å²) in [7, 11) is 3.38. The summed E-state index contributed by atoms with van der Waals surface area (Å²) in [5.74, 6) is 2.55. The van der Waals surface area contributed by atoms with Gasteiger partial charge in [-0.05, 0) is 76.9 Å². The molecule has 1 aliphatic heterocycles. The number of hydrogen-bond acceptors (Lipinski definition) is 3. The minimum atomic E-state index is -0.809. The van der Waals surface area contributed by atoms with Crippen molar-refractivity contribution in [1.29, 1.82) is 0 Å². The molecule has 0 radical (unpaired) electrons. The average molecular weight is 497 g/mol. The van der Waals surface area contributed by atoms with Crippen LogP contribution in [0.25, 0.3) is 28.0 Å². The van der Waals surface area contributed by atoms with E-state index in [0.717, 1.165) is 52.2 Å². The van der Waals surface area contributed by atoms with Gasteiger partial charge < -0.3 is 14.2 Å². The molecule has 0 N–H and O–H groups in total. The Bertz CT molecular complexity index is 1650. The first-order valence-electron chi connectivity index (χ1n) is 13.0. The van der Waals surface area contributed by atoms with E-state index in [9.17, 15) is 0 Å². The van der Waals surface area contributed by atoms with Gasteiger partial charge in [-0.3, -0.25) is 0 Å². The van der Waals surface area contributed by atoms with Crippen molar-refractivity contribution in [3.05, 3.63) is 131 Å². The van der Waals surface area contributed by atoms with Crippen LogP contribution in [-0.2, 0) is 18.4 Å². The van der Waals surface area contributed by atoms with Gasteiger partial charge in [-0.25, -0.2) is 0 Å². The molecular formula is C35H28O3. The highest BCUT2D eigenvalue weighted by atomic mass is 16.5. The predicted octanol–water partition coefficient (Wildman–Crippen LogP) is 7.97. The molecule has 0 aromatic heterocycles. The lowest BCUT2D eigenvalue weighted by Gasteiger charge is -2.38. The van der Waals surface area contributed by atoms with Crippen molar-refractivity contribution in [2.75, 3.05) is 14.2 Å². The van der Waals surface area contributed by atoms with E-state index < -0.39 is 5.60 Å². The third-order valence-corrected chi connectivity index (χ3v) is 8.03. The minimum absolute atomic E-state index is 0.809. The Labute approximate surface area is 222 Å². The number of ether oxygens (including phenoxy) is 3. The van der Waals surface area contributed by atoms with Crippen LogP contribution in [0.5, 0.6) is 17.2 Å². The Hall–Kier alpha value is -4.50. The fourth-order valence-electron chi connectivity index (χ4n) is 6.13. The molecular weight excluding hydrogens is 468 g/mol. The van der Waals surface area contributed by atoms with Gasteiger partial charge in [0.1, 0.15) is 17.2 Å². The second-order valence-electron chi connectivity index (χ2n) is 9.93. The van der Waals surface area contributed by atoms with Crippen molar-refractivity contribution in [2.45, 2.75) is 18.4 Å². The molecule has 0 fully saturated rings. The van der Waals surface area contributed by atoms with Crippen LogP contribution in [-0.4, -0.2) is 14.2 Å². The maximum atomic E-state index is 7.26. The largest absolute Gasteiger partial charge is 0.497 e. The first-order chi connectivity index (χ1) is 18.7. The quantitative estimate of drug-likeness (QED) is 0.252. The van der Waals surface area contributed by atoms with Crippen molar-refractivity contribution in [1.82, 2.24) is 0 Å². The Morgan fingerprint density at radius 2 is 1.26 bits per heavy atom. The zero-order valence-corrected chi connectivity index (χ0v) is 21.5. The Kier molecular flexibility index (Phi) is 5.26. The number of hydrogen-bond donors (Lipinski definition) is 0. The van der Waals surface area contributed by atoms with Gasteiger partial charge in [0.15, 0.2) is 5.60 Å². The van der Waals surface area contributed by atoms with Gasteiger partial charge in [0.2, 0.25) is 0 Å². The summed E-state index contributed by atoms with van der Waals surface area (Å²) < 4.78 is 18.2. The predicted molar refractivity (Wildman–Crippen MR) is 153 cm³/mol. The van der Waals surface area contributed by atoms with Gasteiger partial charge in [0.05, 0.1) is 14.2 Å². The summed E-state index contributed by atoms with van der Waals surface area (Å²) in [6.45, 7) is 0. The molecule has 1 aliphatic carbocycles. The van der Waals surface area contributed by atoms with E-state index in [1.807, 2.05) is 24.3 Å². The average Bonchev–Trinajstić information content (AvgIpc) is 3.00. The van der Waals surface area contributed by atoms with E-state index in [0.29, 0.717) is 0 Å². The second-order valence-corrected chi connectivity index (χ2v) is 9.93. The van der Waals surface area contributed by atoms with Crippen molar-refractivity contribution in [2.24, 2.45) is 0 Å². The van der Waals surface area contributed by atoms with Gasteiger partial charge >= 0.3 is 0 Å². The molecule has 5 aromatic rings. The van der Waals surface area contributed by atoms with Crippen LogP contribution < -0.4 is 14.2 Å². The fraction of sp³-hybridized carbons (Fsp3) is 0.143. The van der Waals surface area contributed by atoms with Gasteiger partial charge in [0.25, 0.3) is 0 Å². The van der Waals surface area contributed by atoms with Crippen LogP contribution in [0, 0.1) is 0 Å². The molecule has 0 spiro atoms. The molecule has 1 heterocycles. The van der Waals surface area contributed by atoms with Crippen molar-refractivity contribution in [3.8, 4) is 28.4 Å². The fourth-order valence-corrected chi connectivity index (χ4v) is 6.13. The van der Waals surface area contributed by atoms with Crippen LogP contribution in [0.2, 0.25) is 0 Å². The van der Waals surface area contributed by atoms with Crippen LogP contribution >= 0.6 is 0 Å². The van der Waals surface area contributed by atoms with Gasteiger partial charge in [-0.1, -0.05) is 72.8 Å². The minimum Gasteiger partial charge on any atom is -0.497 e. The summed E-state index contributed by atoms with van der Waals surface area (Å²) in [6.07, 6.45) is 6.57. The highest BCUT2D eigenvalue weighted by Crippen LogP contribution is 2.51. The van der Waals surface area contributed by atoms with Crippen molar-refractivity contribution < 1.29 is 14.2 Å². The third kappa shape index (κ3) is 3.35. The summed E-state index contributed by atoms with van der Waals surface area (Å²) >= 11 is 0. The second kappa shape index (κ2) is 8.81. The number of fused-ring (bicyclic) bond motifs is 8. The molecule has 0 bridgehead atoms. The summed E-state index contributed by atoms with van der Waals surface area (Å²) in [5, 5.41) is 2.42. The smallest absolute Gasteiger partial charge is 0.178 e. The van der Waals surface area contributed by atoms with Gasteiger partial charge in [-0.2, -0.15) is 0 Å². The van der Waals surface area contributed by atoms with E-state index in [1.54, 1.807) is 14.2 Å². The molecule has 0 saturated heterocycles. The zero-order chi connectivity index (χ0) is 25.7. The molecule has 7 rings (SSSR count). The highest BCUT2D eigenvalue weighted by Gasteiger charge is 2.39. The van der Waals surface area contributed by atoms with E-state index in [4.69, 9.17) is 14.2 Å². The molecule has 0 unspecified atom stereocenters. The number of methoxy groups -OCH3 is 2. The Morgan fingerprint density at radius 3 is 1.92 bits per heavy atom. The highest BCUT2D eigenvalue weighted by molar-refractivity contribution is 6.03. The number of benzene rings is 5. The molecule has 0 atom stereocenters. The number of rotatable bonds is 4. The van der Waals surface area contributed by atoms with Gasteiger partial charge in [0, 0.05) is 22.1 Å². The molecule has 38 heavy (non-hydrogen) atoms. The van der Waals surface area contributed by atoms with Crippen LogP contribution in [0.3, 0.4) is 0 Å². The molecule has 186 valence electrons. The van der Waals surface area contributed by atoms with Crippen LogP contribution in [0.1, 0.15) is 27.8 Å². The SMILES string of the molecule is COc1ccc(C2(c3ccc(OC)cc3)C=Cc3c4c(c5ccccc5c3O2)CCc2ccccc2-4)cc1. The molecule has 0 saturated carbocycles. The van der Waals surface area contributed by atoms with Crippen molar-refractivity contribution >= 4 is 16.8 Å². The zero-order valence-electron chi connectivity index (χ0n) is 21.5. The maximum Gasteiger partial charge on any atom is 0.178 e. The Balaban J connectivity index is 1.51. The molecule has 3 heteroatoms. The summed E-state index contributed by atoms with van der Waals surface area (Å²) in [4.78, 5) is 0. The lowest BCUT2D eigenvalue weighted by molar-refractivity contribution is 0.163. The maximum absolute atomic E-state index is 7.26. The van der Waals surface area contributed by atoms with Crippen LogP contribution in [0.4, 0.5) is 0 Å². The van der Waals surface area contributed by atoms with E-state index in [-0.39, 0.29) is 0 Å². The standard InChI is InChI=1S/C35H28O3/c1-36-26-16-12-24(13-17-26)35(25-14-18-27(37-2)19-15-25)22-21-32-33-28-8-4-3-7-23(28)11-20-30(33)29-9-5-6-10-31(29)34(32)38-35/h3-10,12-19,21-22H,11,20H2,1-2H3. The Morgan fingerprint density at radius 1 is 0.658 bits per heavy atom. The summed E-state index contributed by atoms with van der Waals surface area (Å²) in [6, 6.07) is 33.8. The first kappa shape index (κ1) is 22.7. The van der Waals surface area contributed by atoms with Crippen molar-refractivity contribution in [3.63, 3.8) is 0 Å². The third-order valence-electron chi connectivity index (χ3n) is 8.03. The molecule has 5 aromatic carbocycles.